The minimum atomic E-state index is -3.06. The van der Waals surface area contributed by atoms with Crippen LogP contribution in [0.3, 0.4) is 0 Å². The zero-order valence-corrected chi connectivity index (χ0v) is 30.1. The van der Waals surface area contributed by atoms with E-state index in [0.717, 1.165) is 62.3 Å². The summed E-state index contributed by atoms with van der Waals surface area (Å²) in [5.41, 5.74) is 0.355. The third-order valence-corrected chi connectivity index (χ3v) is 11.0. The molecule has 3 saturated heterocycles. The number of hydrogen-bond acceptors (Lipinski definition) is 10. The number of benzene rings is 1. The summed E-state index contributed by atoms with van der Waals surface area (Å²) in [5, 5.41) is 3.57. The Morgan fingerprint density at radius 2 is 1.80 bits per heavy atom. The summed E-state index contributed by atoms with van der Waals surface area (Å²) in [7, 11) is -3.06. The SMILES string of the molecule is CC(C)N(C(=O)c1cc(F)ccc1Oc1cncnc1N1CC2(CCN(C[C@@H]3CC[C@@H](N(c4cnn(C(F)F)c4)[SH](=O)=O)CO3)CC2)C1)C(C)C. The maximum atomic E-state index is 14.4. The van der Waals surface area contributed by atoms with E-state index in [1.807, 2.05) is 27.7 Å². The second-order valence-electron chi connectivity index (χ2n) is 14.2. The van der Waals surface area contributed by atoms with Gasteiger partial charge in [0, 0.05) is 37.1 Å². The Labute approximate surface area is 297 Å². The maximum absolute atomic E-state index is 14.4. The first-order valence-corrected chi connectivity index (χ1v) is 18.4. The molecule has 1 spiro atoms. The van der Waals surface area contributed by atoms with Gasteiger partial charge in [-0.05, 0) is 84.7 Å². The second-order valence-corrected chi connectivity index (χ2v) is 15.1. The number of carbonyl (C=O) groups excluding carboxylic acids is 1. The van der Waals surface area contributed by atoms with Crippen LogP contribution in [0.2, 0.25) is 0 Å². The largest absolute Gasteiger partial charge is 0.451 e. The summed E-state index contributed by atoms with van der Waals surface area (Å²) < 4.78 is 78.3. The van der Waals surface area contributed by atoms with Gasteiger partial charge in [-0.15, -0.1) is 0 Å². The van der Waals surface area contributed by atoms with Gasteiger partial charge in [-0.2, -0.15) is 13.9 Å². The van der Waals surface area contributed by atoms with E-state index in [2.05, 4.69) is 24.9 Å². The third-order valence-electron chi connectivity index (χ3n) is 10.0. The van der Waals surface area contributed by atoms with Crippen molar-refractivity contribution >= 4 is 28.3 Å². The molecule has 0 unspecified atom stereocenters. The number of halogens is 3. The van der Waals surface area contributed by atoms with E-state index in [-0.39, 0.29) is 53.1 Å². The first-order valence-electron chi connectivity index (χ1n) is 17.3. The number of aromatic nitrogens is 4. The number of thiol groups is 1. The molecule has 3 aromatic rings. The lowest BCUT2D eigenvalue weighted by atomic mass is 9.72. The molecule has 278 valence electrons. The molecule has 5 heterocycles. The van der Waals surface area contributed by atoms with Crippen LogP contribution in [0.25, 0.3) is 0 Å². The van der Waals surface area contributed by atoms with E-state index >= 15 is 0 Å². The van der Waals surface area contributed by atoms with Gasteiger partial charge >= 0.3 is 6.55 Å². The van der Waals surface area contributed by atoms with Crippen molar-refractivity contribution in [3.05, 3.63) is 54.5 Å². The maximum Gasteiger partial charge on any atom is 0.333 e. The van der Waals surface area contributed by atoms with Crippen LogP contribution >= 0.6 is 0 Å². The summed E-state index contributed by atoms with van der Waals surface area (Å²) in [6.45, 7) is 9.06. The van der Waals surface area contributed by atoms with Crippen molar-refractivity contribution in [2.45, 2.75) is 84.2 Å². The predicted octanol–water partition coefficient (Wildman–Crippen LogP) is 4.74. The fraction of sp³-hybridized carbons (Fsp3) is 0.588. The smallest absolute Gasteiger partial charge is 0.333 e. The van der Waals surface area contributed by atoms with Gasteiger partial charge in [-0.1, -0.05) is 0 Å². The third kappa shape index (κ3) is 8.09. The number of amides is 1. The molecule has 3 fully saturated rings. The minimum Gasteiger partial charge on any atom is -0.451 e. The standard InChI is InChI=1S/C34H45F3N8O5S/c1-22(2)44(23(3)4)32(46)28-13-24(35)5-8-29(28)50-30-15-38-21-39-31(30)42-19-34(20-42)9-11-41(12-10-34)17-27-7-6-25(18-49-27)45(51(47)48)26-14-40-43(16-26)33(36)37/h5,8,13-16,21-23,25,27,33,51H,6-7,9-12,17-20H2,1-4H3/t25-,27+/m1/s1. The van der Waals surface area contributed by atoms with Crippen LogP contribution in [-0.4, -0.2) is 107 Å². The number of rotatable bonds is 12. The number of ether oxygens (including phenoxy) is 2. The number of carbonyl (C=O) groups is 1. The van der Waals surface area contributed by atoms with Gasteiger partial charge in [0.15, 0.2) is 11.6 Å². The second kappa shape index (κ2) is 15.3. The summed E-state index contributed by atoms with van der Waals surface area (Å²) in [6.07, 6.45) is 8.29. The van der Waals surface area contributed by atoms with Crippen LogP contribution in [0, 0.1) is 11.2 Å². The molecule has 6 rings (SSSR count). The van der Waals surface area contributed by atoms with Crippen LogP contribution < -0.4 is 13.9 Å². The van der Waals surface area contributed by atoms with Gasteiger partial charge in [-0.3, -0.25) is 9.10 Å². The highest BCUT2D eigenvalue weighted by Crippen LogP contribution is 2.45. The molecular weight excluding hydrogens is 689 g/mol. The number of anilines is 2. The summed E-state index contributed by atoms with van der Waals surface area (Å²) in [4.78, 5) is 28.5. The number of alkyl halides is 2. The van der Waals surface area contributed by atoms with E-state index in [0.29, 0.717) is 29.1 Å². The lowest BCUT2D eigenvalue weighted by Gasteiger charge is -2.54. The highest BCUT2D eigenvalue weighted by molar-refractivity contribution is 7.74. The first-order chi connectivity index (χ1) is 24.3. The van der Waals surface area contributed by atoms with Crippen LogP contribution in [0.1, 0.15) is 70.3 Å². The quantitative estimate of drug-likeness (QED) is 0.261. The molecule has 51 heavy (non-hydrogen) atoms. The van der Waals surface area contributed by atoms with Crippen molar-refractivity contribution in [1.29, 1.82) is 0 Å². The van der Waals surface area contributed by atoms with Crippen LogP contribution in [0.15, 0.2) is 43.1 Å². The number of nitrogens with zero attached hydrogens (tertiary/aromatic N) is 8. The van der Waals surface area contributed by atoms with Gasteiger partial charge in [0.1, 0.15) is 17.9 Å². The zero-order valence-electron chi connectivity index (χ0n) is 29.2. The molecule has 0 bridgehead atoms. The Morgan fingerprint density at radius 3 is 2.41 bits per heavy atom. The first kappa shape index (κ1) is 36.8. The lowest BCUT2D eigenvalue weighted by Crippen LogP contribution is -2.61. The Kier molecular flexibility index (Phi) is 11.1. The van der Waals surface area contributed by atoms with Gasteiger partial charge < -0.3 is 24.2 Å². The molecule has 3 aliphatic rings. The Morgan fingerprint density at radius 1 is 1.08 bits per heavy atom. The number of piperidine rings is 1. The van der Waals surface area contributed by atoms with Crippen LogP contribution in [-0.2, 0) is 15.6 Å². The van der Waals surface area contributed by atoms with Crippen molar-refractivity contribution in [3.8, 4) is 11.5 Å². The lowest BCUT2D eigenvalue weighted by molar-refractivity contribution is -0.0269. The molecule has 0 saturated carbocycles. The van der Waals surface area contributed by atoms with Crippen molar-refractivity contribution in [2.24, 2.45) is 5.41 Å². The molecular formula is C34H45F3N8O5S. The molecule has 0 N–H and O–H groups in total. The molecule has 0 aliphatic carbocycles. The van der Waals surface area contributed by atoms with Crippen molar-refractivity contribution in [3.63, 3.8) is 0 Å². The normalized spacial score (nSPS) is 20.7. The summed E-state index contributed by atoms with van der Waals surface area (Å²) in [6, 6.07) is 3.28. The Balaban J connectivity index is 1.02. The van der Waals surface area contributed by atoms with Crippen molar-refractivity contribution < 1.29 is 35.9 Å². The van der Waals surface area contributed by atoms with E-state index in [9.17, 15) is 26.4 Å². The molecule has 2 aromatic heterocycles. The highest BCUT2D eigenvalue weighted by Gasteiger charge is 2.46. The minimum absolute atomic E-state index is 0.0551. The van der Waals surface area contributed by atoms with Crippen molar-refractivity contribution in [2.75, 3.05) is 48.5 Å². The fourth-order valence-electron chi connectivity index (χ4n) is 7.55. The topological polar surface area (TPSA) is 126 Å². The van der Waals surface area contributed by atoms with E-state index in [4.69, 9.17) is 9.47 Å². The molecule has 2 atom stereocenters. The fourth-order valence-corrected chi connectivity index (χ4v) is 8.29. The Hall–Kier alpha value is -3.96. The van der Waals surface area contributed by atoms with Gasteiger partial charge in [0.25, 0.3) is 5.91 Å². The molecule has 1 amide bonds. The van der Waals surface area contributed by atoms with Crippen LogP contribution in [0.4, 0.5) is 24.7 Å². The van der Waals surface area contributed by atoms with Gasteiger partial charge in [0.05, 0.1) is 48.6 Å². The molecule has 1 aromatic carbocycles. The van der Waals surface area contributed by atoms with E-state index < -0.39 is 29.3 Å². The predicted molar refractivity (Wildman–Crippen MR) is 184 cm³/mol. The monoisotopic (exact) mass is 734 g/mol. The van der Waals surface area contributed by atoms with Gasteiger partial charge in [-0.25, -0.2) is 27.5 Å². The zero-order chi connectivity index (χ0) is 36.4. The molecule has 3 aliphatic heterocycles. The average molecular weight is 735 g/mol. The van der Waals surface area contributed by atoms with E-state index in [1.54, 1.807) is 11.1 Å². The highest BCUT2D eigenvalue weighted by atomic mass is 32.2. The van der Waals surface area contributed by atoms with Crippen LogP contribution in [0.5, 0.6) is 11.5 Å². The summed E-state index contributed by atoms with van der Waals surface area (Å²) in [5.74, 6) is 0.400. The number of hydrogen-bond donors (Lipinski definition) is 1. The Bertz CT molecular complexity index is 1730. The van der Waals surface area contributed by atoms with E-state index in [1.165, 1.54) is 24.5 Å². The number of likely N-dealkylation sites (tertiary alicyclic amines) is 1. The summed E-state index contributed by atoms with van der Waals surface area (Å²) >= 11 is 0. The molecule has 13 nitrogen and oxygen atoms in total. The average Bonchev–Trinajstić information content (AvgIpc) is 3.56. The van der Waals surface area contributed by atoms with Crippen molar-refractivity contribution in [1.82, 2.24) is 29.5 Å². The molecule has 17 heteroatoms. The van der Waals surface area contributed by atoms with Gasteiger partial charge in [0.2, 0.25) is 10.9 Å². The molecule has 0 radical (unpaired) electrons.